The lowest BCUT2D eigenvalue weighted by Gasteiger charge is -2.24. The number of benzene rings is 2. The molecule has 0 unspecified atom stereocenters. The summed E-state index contributed by atoms with van der Waals surface area (Å²) < 4.78 is 33.2. The van der Waals surface area contributed by atoms with Gasteiger partial charge in [0.15, 0.2) is 0 Å². The monoisotopic (exact) mass is 380 g/mol. The van der Waals surface area contributed by atoms with E-state index in [1.807, 2.05) is 42.5 Å². The molecule has 1 aliphatic rings. The first-order valence-corrected chi connectivity index (χ1v) is 10.4. The van der Waals surface area contributed by atoms with Crippen LogP contribution >= 0.6 is 0 Å². The third kappa shape index (κ3) is 4.11. The zero-order valence-electron chi connectivity index (χ0n) is 14.7. The molecule has 1 heterocycles. The average molecular weight is 380 g/mol. The van der Waals surface area contributed by atoms with Crippen LogP contribution in [0.1, 0.15) is 18.4 Å². The van der Waals surface area contributed by atoms with Gasteiger partial charge < -0.3 is 4.74 Å². The van der Waals surface area contributed by atoms with Gasteiger partial charge in [0.1, 0.15) is 11.5 Å². The number of ether oxygens (including phenoxy) is 1. The third-order valence-electron chi connectivity index (χ3n) is 4.41. The van der Waals surface area contributed by atoms with Crippen molar-refractivity contribution in [2.75, 3.05) is 4.31 Å². The molecule has 0 spiro atoms. The van der Waals surface area contributed by atoms with Crippen molar-refractivity contribution in [3.63, 3.8) is 0 Å². The fourth-order valence-corrected chi connectivity index (χ4v) is 4.67. The number of aromatic nitrogens is 1. The molecular weight excluding hydrogens is 360 g/mol. The van der Waals surface area contributed by atoms with E-state index in [1.54, 1.807) is 36.7 Å². The second-order valence-corrected chi connectivity index (χ2v) is 8.66. The maximum Gasteiger partial charge on any atom is 0.238 e. The highest BCUT2D eigenvalue weighted by Crippen LogP contribution is 2.35. The third-order valence-corrected chi connectivity index (χ3v) is 6.67. The van der Waals surface area contributed by atoms with Crippen LogP contribution in [0.25, 0.3) is 0 Å². The number of hydrogen-bond acceptors (Lipinski definition) is 4. The van der Waals surface area contributed by atoms with Crippen LogP contribution in [0.5, 0.6) is 11.5 Å². The van der Waals surface area contributed by atoms with Gasteiger partial charge >= 0.3 is 0 Å². The minimum absolute atomic E-state index is 0.269. The minimum Gasteiger partial charge on any atom is -0.457 e. The Morgan fingerprint density at radius 1 is 0.926 bits per heavy atom. The maximum absolute atomic E-state index is 12.9. The molecule has 0 amide bonds. The van der Waals surface area contributed by atoms with Crippen molar-refractivity contribution in [2.45, 2.75) is 24.6 Å². The summed E-state index contributed by atoms with van der Waals surface area (Å²) in [7, 11) is -3.39. The highest BCUT2D eigenvalue weighted by Gasteiger charge is 2.40. The minimum atomic E-state index is -3.39. The van der Waals surface area contributed by atoms with E-state index in [1.165, 1.54) is 4.31 Å². The zero-order chi connectivity index (χ0) is 18.7. The molecule has 27 heavy (non-hydrogen) atoms. The average Bonchev–Trinajstić information content (AvgIpc) is 3.54. The van der Waals surface area contributed by atoms with Gasteiger partial charge in [-0.3, -0.25) is 9.29 Å². The Morgan fingerprint density at radius 2 is 1.63 bits per heavy atom. The number of sulfonamides is 1. The molecule has 5 nitrogen and oxygen atoms in total. The van der Waals surface area contributed by atoms with Gasteiger partial charge in [-0.1, -0.05) is 24.3 Å². The number of para-hydroxylation sites is 1. The molecule has 1 fully saturated rings. The first-order chi connectivity index (χ1) is 13.1. The molecule has 0 bridgehead atoms. The number of nitrogens with zero attached hydrogens (tertiary/aromatic N) is 2. The lowest BCUT2D eigenvalue weighted by molar-refractivity contribution is 0.482. The molecule has 0 atom stereocenters. The summed E-state index contributed by atoms with van der Waals surface area (Å²) in [6.07, 6.45) is 4.82. The molecule has 0 saturated heterocycles. The Labute approximate surface area is 159 Å². The fraction of sp³-hybridized carbons (Fsp3) is 0.190. The van der Waals surface area contributed by atoms with Crippen LogP contribution in [0.2, 0.25) is 0 Å². The summed E-state index contributed by atoms with van der Waals surface area (Å²) in [5, 5.41) is -0.283. The molecule has 1 aromatic heterocycles. The first kappa shape index (κ1) is 17.5. The fourth-order valence-electron chi connectivity index (χ4n) is 2.84. The Bertz CT molecular complexity index is 987. The molecule has 0 radical (unpaired) electrons. The second-order valence-electron chi connectivity index (χ2n) is 6.52. The maximum atomic E-state index is 12.9. The van der Waals surface area contributed by atoms with E-state index < -0.39 is 10.0 Å². The van der Waals surface area contributed by atoms with Gasteiger partial charge in [-0.05, 0) is 60.9 Å². The molecular formula is C21H20N2O3S. The Hall–Kier alpha value is -2.86. The Balaban J connectivity index is 1.60. The first-order valence-electron chi connectivity index (χ1n) is 8.86. The summed E-state index contributed by atoms with van der Waals surface area (Å²) in [6, 6.07) is 20.3. The highest BCUT2D eigenvalue weighted by atomic mass is 32.2. The van der Waals surface area contributed by atoms with Crippen molar-refractivity contribution >= 4 is 15.7 Å². The molecule has 0 aliphatic heterocycles. The van der Waals surface area contributed by atoms with Crippen LogP contribution in [0, 0.1) is 0 Å². The van der Waals surface area contributed by atoms with Crippen molar-refractivity contribution in [3.05, 3.63) is 84.7 Å². The predicted molar refractivity (Wildman–Crippen MR) is 105 cm³/mol. The summed E-state index contributed by atoms with van der Waals surface area (Å²) in [6.45, 7) is 0.269. The lowest BCUT2D eigenvalue weighted by atomic mass is 10.2. The highest BCUT2D eigenvalue weighted by molar-refractivity contribution is 7.93. The van der Waals surface area contributed by atoms with Gasteiger partial charge in [-0.2, -0.15) is 0 Å². The summed E-state index contributed by atoms with van der Waals surface area (Å²) in [4.78, 5) is 4.09. The van der Waals surface area contributed by atoms with Crippen LogP contribution in [0.4, 0.5) is 5.69 Å². The number of pyridine rings is 1. The molecule has 4 rings (SSSR count). The van der Waals surface area contributed by atoms with Gasteiger partial charge in [0, 0.05) is 12.4 Å². The van der Waals surface area contributed by atoms with Crippen molar-refractivity contribution in [2.24, 2.45) is 0 Å². The van der Waals surface area contributed by atoms with Gasteiger partial charge in [0.2, 0.25) is 10.0 Å². The van der Waals surface area contributed by atoms with Gasteiger partial charge in [0.25, 0.3) is 0 Å². The normalized spacial score (nSPS) is 13.9. The molecule has 0 N–H and O–H groups in total. The molecule has 138 valence electrons. The van der Waals surface area contributed by atoms with E-state index in [2.05, 4.69) is 4.98 Å². The lowest BCUT2D eigenvalue weighted by Crippen LogP contribution is -2.33. The van der Waals surface area contributed by atoms with Crippen LogP contribution < -0.4 is 9.04 Å². The van der Waals surface area contributed by atoms with Crippen LogP contribution in [0.15, 0.2) is 79.1 Å². The van der Waals surface area contributed by atoms with E-state index in [0.29, 0.717) is 11.4 Å². The van der Waals surface area contributed by atoms with Gasteiger partial charge in [-0.15, -0.1) is 0 Å². The smallest absolute Gasteiger partial charge is 0.238 e. The number of rotatable bonds is 7. The van der Waals surface area contributed by atoms with Crippen LogP contribution in [-0.2, 0) is 16.6 Å². The zero-order valence-corrected chi connectivity index (χ0v) is 15.5. The molecule has 3 aromatic rings. The van der Waals surface area contributed by atoms with Gasteiger partial charge in [0.05, 0.1) is 17.5 Å². The van der Waals surface area contributed by atoms with E-state index in [-0.39, 0.29) is 11.8 Å². The predicted octanol–water partition coefficient (Wildman–Crippen LogP) is 4.37. The van der Waals surface area contributed by atoms with Gasteiger partial charge in [-0.25, -0.2) is 8.42 Å². The molecule has 1 saturated carbocycles. The second kappa shape index (κ2) is 7.40. The van der Waals surface area contributed by atoms with E-state index in [0.717, 1.165) is 24.2 Å². The van der Waals surface area contributed by atoms with E-state index >= 15 is 0 Å². The summed E-state index contributed by atoms with van der Waals surface area (Å²) in [5.74, 6) is 1.40. The Kier molecular flexibility index (Phi) is 4.81. The van der Waals surface area contributed by atoms with Crippen LogP contribution in [-0.4, -0.2) is 18.7 Å². The quantitative estimate of drug-likeness (QED) is 0.611. The topological polar surface area (TPSA) is 59.5 Å². The summed E-state index contributed by atoms with van der Waals surface area (Å²) >= 11 is 0. The van der Waals surface area contributed by atoms with Crippen molar-refractivity contribution < 1.29 is 13.2 Å². The summed E-state index contributed by atoms with van der Waals surface area (Å²) in [5.41, 5.74) is 1.48. The van der Waals surface area contributed by atoms with E-state index in [9.17, 15) is 8.42 Å². The number of hydrogen-bond donors (Lipinski definition) is 0. The largest absolute Gasteiger partial charge is 0.457 e. The van der Waals surface area contributed by atoms with Crippen molar-refractivity contribution in [1.29, 1.82) is 0 Å². The van der Waals surface area contributed by atoms with Crippen LogP contribution in [0.3, 0.4) is 0 Å². The standard InChI is InChI=1S/C21H20N2O3S/c24-27(25,21-12-13-21)23(16-17-5-4-14-22-15-17)18-8-10-20(11-9-18)26-19-6-2-1-3-7-19/h1-11,14-15,21H,12-13,16H2. The SMILES string of the molecule is O=S(=O)(C1CC1)N(Cc1cccnc1)c1ccc(Oc2ccccc2)cc1. The van der Waals surface area contributed by atoms with Crippen molar-refractivity contribution in [1.82, 2.24) is 4.98 Å². The van der Waals surface area contributed by atoms with Crippen molar-refractivity contribution in [3.8, 4) is 11.5 Å². The molecule has 2 aromatic carbocycles. The number of anilines is 1. The Morgan fingerprint density at radius 3 is 2.26 bits per heavy atom. The molecule has 6 heteroatoms. The van der Waals surface area contributed by atoms with E-state index in [4.69, 9.17) is 4.74 Å². The molecule has 1 aliphatic carbocycles.